The smallest absolute Gasteiger partial charge is 0.0695 e. The molecule has 0 atom stereocenters. The van der Waals surface area contributed by atoms with Gasteiger partial charge >= 0.3 is 0 Å². The van der Waals surface area contributed by atoms with Crippen LogP contribution in [0.25, 0.3) is 0 Å². The maximum Gasteiger partial charge on any atom is 0.0695 e. The largest absolute Gasteiger partial charge is 0.298 e. The molecule has 0 radical (unpaired) electrons. The van der Waals surface area contributed by atoms with Gasteiger partial charge < -0.3 is 0 Å². The summed E-state index contributed by atoms with van der Waals surface area (Å²) < 4.78 is 0. The van der Waals surface area contributed by atoms with E-state index < -0.39 is 0 Å². The molecule has 0 aliphatic heterocycles. The molecule has 0 aromatic carbocycles. The first-order valence-electron chi connectivity index (χ1n) is 4.34. The molecule has 0 aromatic rings. The quantitative estimate of drug-likeness (QED) is 0.547. The van der Waals surface area contributed by atoms with Gasteiger partial charge in [-0.05, 0) is 40.4 Å². The van der Waals surface area contributed by atoms with Gasteiger partial charge in [0.15, 0.2) is 0 Å². The Morgan fingerprint density at radius 1 is 1.17 bits per heavy atom. The van der Waals surface area contributed by atoms with Crippen LogP contribution in [0.3, 0.4) is 0 Å². The summed E-state index contributed by atoms with van der Waals surface area (Å²) in [5, 5.41) is 3.63. The van der Waals surface area contributed by atoms with Crippen LogP contribution in [0.2, 0.25) is 0 Å². The first-order valence-corrected chi connectivity index (χ1v) is 6.90. The minimum atomic E-state index is 0.166. The lowest BCUT2D eigenvalue weighted by atomic mass is 10.0. The third-order valence-electron chi connectivity index (χ3n) is 1.81. The molecule has 0 saturated carbocycles. The Morgan fingerprint density at radius 3 is 2.00 bits per heavy atom. The number of hydrogen-bond donors (Lipinski definition) is 1. The summed E-state index contributed by atoms with van der Waals surface area (Å²) in [6.07, 6.45) is 3.28. The summed E-state index contributed by atoms with van der Waals surface area (Å²) in [6, 6.07) is 0. The summed E-state index contributed by atoms with van der Waals surface area (Å²) in [6.45, 7) is 11.2. The van der Waals surface area contributed by atoms with Crippen LogP contribution in [0, 0.1) is 0 Å². The van der Waals surface area contributed by atoms with E-state index in [0.717, 1.165) is 6.42 Å². The molecule has 0 spiro atoms. The van der Waals surface area contributed by atoms with E-state index in [4.69, 9.17) is 0 Å². The molecule has 74 valence electrons. The summed E-state index contributed by atoms with van der Waals surface area (Å²) in [7, 11) is 3.70. The van der Waals surface area contributed by atoms with Crippen molar-refractivity contribution in [2.45, 2.75) is 51.4 Å². The van der Waals surface area contributed by atoms with E-state index in [2.05, 4.69) is 46.2 Å². The summed E-state index contributed by atoms with van der Waals surface area (Å²) >= 11 is 0. The number of nitrogens with one attached hydrogen (secondary N) is 1. The Hall–Kier alpha value is 0.660. The summed E-state index contributed by atoms with van der Waals surface area (Å²) in [4.78, 5) is 0.166. The van der Waals surface area contributed by atoms with Crippen LogP contribution in [0.1, 0.15) is 41.0 Å². The van der Waals surface area contributed by atoms with Gasteiger partial charge in [0.25, 0.3) is 0 Å². The molecular formula is C9H21NS2. The van der Waals surface area contributed by atoms with Crippen LogP contribution in [-0.4, -0.2) is 16.7 Å². The van der Waals surface area contributed by atoms with Crippen LogP contribution in [0.5, 0.6) is 0 Å². The van der Waals surface area contributed by atoms with Crippen LogP contribution in [0.15, 0.2) is 0 Å². The van der Waals surface area contributed by atoms with Crippen molar-refractivity contribution >= 4 is 21.6 Å². The van der Waals surface area contributed by atoms with Crippen molar-refractivity contribution in [2.24, 2.45) is 0 Å². The summed E-state index contributed by atoms with van der Waals surface area (Å²) in [5.41, 5.74) is 0.242. The second-order valence-corrected chi connectivity index (χ2v) is 7.14. The topological polar surface area (TPSA) is 12.0 Å². The Bertz CT molecular complexity index is 132. The van der Waals surface area contributed by atoms with Gasteiger partial charge in [-0.1, -0.05) is 28.5 Å². The highest BCUT2D eigenvalue weighted by molar-refractivity contribution is 8.76. The van der Waals surface area contributed by atoms with E-state index >= 15 is 0 Å². The highest BCUT2D eigenvalue weighted by Crippen LogP contribution is 2.33. The molecule has 0 unspecified atom stereocenters. The highest BCUT2D eigenvalue weighted by atomic mass is 33.1. The zero-order valence-corrected chi connectivity index (χ0v) is 10.7. The van der Waals surface area contributed by atoms with Crippen molar-refractivity contribution in [1.82, 2.24) is 5.32 Å². The Morgan fingerprint density at radius 2 is 1.67 bits per heavy atom. The van der Waals surface area contributed by atoms with Crippen LogP contribution in [0.4, 0.5) is 0 Å². The maximum atomic E-state index is 3.63. The molecule has 0 amide bonds. The van der Waals surface area contributed by atoms with E-state index in [9.17, 15) is 0 Å². The lowest BCUT2D eigenvalue weighted by Gasteiger charge is -2.35. The van der Waals surface area contributed by atoms with E-state index in [1.807, 2.05) is 21.6 Å². The molecule has 0 heterocycles. The minimum absolute atomic E-state index is 0.166. The standard InChI is InChI=1S/C9H21NS2/c1-7-8(2,3)10-9(4,5)12-11-6/h10H,7H2,1-6H3. The first kappa shape index (κ1) is 12.7. The molecule has 1 N–H and O–H groups in total. The number of rotatable bonds is 5. The van der Waals surface area contributed by atoms with Gasteiger partial charge in [-0.2, -0.15) is 0 Å². The molecular weight excluding hydrogens is 186 g/mol. The highest BCUT2D eigenvalue weighted by Gasteiger charge is 2.26. The fraction of sp³-hybridized carbons (Fsp3) is 1.00. The molecule has 0 bridgehead atoms. The predicted octanol–water partition coefficient (Wildman–Crippen LogP) is 3.51. The lowest BCUT2D eigenvalue weighted by Crippen LogP contribution is -2.49. The van der Waals surface area contributed by atoms with Crippen molar-refractivity contribution in [3.8, 4) is 0 Å². The Kier molecular flexibility index (Phi) is 5.04. The van der Waals surface area contributed by atoms with Crippen molar-refractivity contribution in [1.29, 1.82) is 0 Å². The molecule has 0 rings (SSSR count). The van der Waals surface area contributed by atoms with E-state index in [1.54, 1.807) is 0 Å². The molecule has 3 heteroatoms. The normalized spacial score (nSPS) is 13.5. The molecule has 0 aromatic heterocycles. The third-order valence-corrected chi connectivity index (χ3v) is 4.25. The first-order chi connectivity index (χ1) is 5.33. The van der Waals surface area contributed by atoms with E-state index in [0.29, 0.717) is 0 Å². The molecule has 0 saturated heterocycles. The zero-order valence-electron chi connectivity index (χ0n) is 9.02. The fourth-order valence-corrected chi connectivity index (χ4v) is 3.24. The monoisotopic (exact) mass is 207 g/mol. The Balaban J connectivity index is 4.04. The zero-order chi connectivity index (χ0) is 9.83. The van der Waals surface area contributed by atoms with E-state index in [-0.39, 0.29) is 10.4 Å². The molecule has 0 aliphatic rings. The van der Waals surface area contributed by atoms with Gasteiger partial charge in [0, 0.05) is 5.54 Å². The number of hydrogen-bond acceptors (Lipinski definition) is 3. The van der Waals surface area contributed by atoms with Gasteiger partial charge in [0.2, 0.25) is 0 Å². The molecule has 0 aliphatic carbocycles. The lowest BCUT2D eigenvalue weighted by molar-refractivity contribution is 0.327. The van der Waals surface area contributed by atoms with Crippen molar-refractivity contribution in [3.63, 3.8) is 0 Å². The van der Waals surface area contributed by atoms with Crippen LogP contribution in [-0.2, 0) is 0 Å². The van der Waals surface area contributed by atoms with Crippen LogP contribution < -0.4 is 5.32 Å². The van der Waals surface area contributed by atoms with Crippen LogP contribution >= 0.6 is 21.6 Å². The third kappa shape index (κ3) is 5.33. The molecule has 12 heavy (non-hydrogen) atoms. The maximum absolute atomic E-state index is 3.63. The average molecular weight is 207 g/mol. The summed E-state index contributed by atoms with van der Waals surface area (Å²) in [5.74, 6) is 0. The van der Waals surface area contributed by atoms with Gasteiger partial charge in [0.1, 0.15) is 0 Å². The minimum Gasteiger partial charge on any atom is -0.298 e. The fourth-order valence-electron chi connectivity index (χ4n) is 1.13. The van der Waals surface area contributed by atoms with Gasteiger partial charge in [-0.25, -0.2) is 0 Å². The van der Waals surface area contributed by atoms with Gasteiger partial charge in [-0.15, -0.1) is 0 Å². The SMILES string of the molecule is CCC(C)(C)NC(C)(C)SSC. The van der Waals surface area contributed by atoms with Crippen molar-refractivity contribution in [2.75, 3.05) is 6.26 Å². The Labute approximate surface area is 84.9 Å². The van der Waals surface area contributed by atoms with Gasteiger partial charge in [-0.3, -0.25) is 5.32 Å². The second-order valence-electron chi connectivity index (χ2n) is 4.12. The molecule has 0 fully saturated rings. The van der Waals surface area contributed by atoms with Crippen molar-refractivity contribution < 1.29 is 0 Å². The second kappa shape index (κ2) is 4.77. The van der Waals surface area contributed by atoms with E-state index in [1.165, 1.54) is 0 Å². The predicted molar refractivity (Wildman–Crippen MR) is 62.7 cm³/mol. The van der Waals surface area contributed by atoms with Gasteiger partial charge in [0.05, 0.1) is 4.87 Å². The molecule has 1 nitrogen and oxygen atoms in total. The van der Waals surface area contributed by atoms with Crippen molar-refractivity contribution in [3.05, 3.63) is 0 Å². The average Bonchev–Trinajstić information content (AvgIpc) is 1.85.